The summed E-state index contributed by atoms with van der Waals surface area (Å²) in [7, 11) is 3.25. The fourth-order valence-electron chi connectivity index (χ4n) is 4.77. The summed E-state index contributed by atoms with van der Waals surface area (Å²) in [6, 6.07) is 19.8. The minimum atomic E-state index is -0.0335. The third-order valence-corrected chi connectivity index (χ3v) is 6.74. The molecule has 1 aliphatic rings. The van der Waals surface area contributed by atoms with Crippen LogP contribution in [0.4, 0.5) is 5.82 Å². The van der Waals surface area contributed by atoms with E-state index in [1.807, 2.05) is 53.9 Å². The van der Waals surface area contributed by atoms with Crippen LogP contribution in [0.2, 0.25) is 0 Å². The van der Waals surface area contributed by atoms with Gasteiger partial charge in [-0.3, -0.25) is 4.79 Å². The Kier molecular flexibility index (Phi) is 6.75. The molecule has 1 fully saturated rings. The Labute approximate surface area is 210 Å². The van der Waals surface area contributed by atoms with E-state index in [0.717, 1.165) is 71.4 Å². The number of fused-ring (bicyclic) bond motifs is 1. The van der Waals surface area contributed by atoms with Crippen molar-refractivity contribution in [2.24, 2.45) is 5.92 Å². The van der Waals surface area contributed by atoms with Crippen molar-refractivity contribution >= 4 is 17.4 Å². The van der Waals surface area contributed by atoms with Crippen molar-refractivity contribution in [1.29, 1.82) is 0 Å². The van der Waals surface area contributed by atoms with Gasteiger partial charge in [-0.15, -0.1) is 0 Å². The maximum absolute atomic E-state index is 13.0. The Bertz CT molecular complexity index is 1360. The fourth-order valence-corrected chi connectivity index (χ4v) is 4.77. The lowest BCUT2D eigenvalue weighted by Crippen LogP contribution is -2.41. The number of nitrogens with zero attached hydrogens (tertiary/aromatic N) is 4. The number of amides is 1. The van der Waals surface area contributed by atoms with E-state index in [-0.39, 0.29) is 11.8 Å². The summed E-state index contributed by atoms with van der Waals surface area (Å²) in [5.74, 6) is 2.52. The number of piperidine rings is 1. The number of hydrogen-bond acceptors (Lipinski definition) is 6. The lowest BCUT2D eigenvalue weighted by atomic mass is 9.95. The van der Waals surface area contributed by atoms with Crippen LogP contribution in [0.25, 0.3) is 16.9 Å². The highest BCUT2D eigenvalue weighted by atomic mass is 16.5. The molecule has 0 radical (unpaired) electrons. The van der Waals surface area contributed by atoms with E-state index in [9.17, 15) is 4.79 Å². The van der Waals surface area contributed by atoms with Crippen LogP contribution >= 0.6 is 0 Å². The number of rotatable bonds is 7. The Morgan fingerprint density at radius 3 is 2.53 bits per heavy atom. The van der Waals surface area contributed by atoms with Crippen LogP contribution in [0.5, 0.6) is 11.5 Å². The van der Waals surface area contributed by atoms with Crippen molar-refractivity contribution in [1.82, 2.24) is 19.9 Å². The smallest absolute Gasteiger partial charge is 0.223 e. The molecule has 1 saturated heterocycles. The molecule has 1 aliphatic heterocycles. The van der Waals surface area contributed by atoms with E-state index in [2.05, 4.69) is 28.4 Å². The SMILES string of the molecule is COc1ccc(OC)c(CNC(=O)C2CCN(c3cc(C)nc4cc(-c5ccccc5)nn34)CC2)c1. The van der Waals surface area contributed by atoms with E-state index < -0.39 is 0 Å². The predicted octanol–water partition coefficient (Wildman–Crippen LogP) is 4.25. The van der Waals surface area contributed by atoms with Gasteiger partial charge in [0.25, 0.3) is 0 Å². The summed E-state index contributed by atoms with van der Waals surface area (Å²) in [6.45, 7) is 3.96. The average Bonchev–Trinajstić information content (AvgIpc) is 3.35. The Morgan fingerprint density at radius 2 is 1.81 bits per heavy atom. The number of aryl methyl sites for hydroxylation is 1. The van der Waals surface area contributed by atoms with Gasteiger partial charge in [-0.05, 0) is 38.0 Å². The van der Waals surface area contributed by atoms with Gasteiger partial charge in [-0.1, -0.05) is 30.3 Å². The van der Waals surface area contributed by atoms with Gasteiger partial charge < -0.3 is 19.7 Å². The van der Waals surface area contributed by atoms with Crippen LogP contribution in [-0.4, -0.2) is 47.8 Å². The molecule has 2 aromatic carbocycles. The zero-order chi connectivity index (χ0) is 25.1. The van der Waals surface area contributed by atoms with Crippen LogP contribution in [-0.2, 0) is 11.3 Å². The number of carbonyl (C=O) groups excluding carboxylic acids is 1. The Morgan fingerprint density at radius 1 is 1.03 bits per heavy atom. The predicted molar refractivity (Wildman–Crippen MR) is 139 cm³/mol. The van der Waals surface area contributed by atoms with E-state index in [4.69, 9.17) is 19.6 Å². The highest BCUT2D eigenvalue weighted by Crippen LogP contribution is 2.28. The first kappa shape index (κ1) is 23.7. The largest absolute Gasteiger partial charge is 0.497 e. The van der Waals surface area contributed by atoms with E-state index in [1.165, 1.54) is 0 Å². The molecule has 186 valence electrons. The normalized spacial score (nSPS) is 14.1. The van der Waals surface area contributed by atoms with E-state index >= 15 is 0 Å². The second-order valence-electron chi connectivity index (χ2n) is 9.08. The molecule has 36 heavy (non-hydrogen) atoms. The molecule has 5 rings (SSSR count). The van der Waals surface area contributed by atoms with Crippen molar-refractivity contribution in [3.63, 3.8) is 0 Å². The van der Waals surface area contributed by atoms with Gasteiger partial charge in [0.1, 0.15) is 17.3 Å². The molecule has 0 saturated carbocycles. The van der Waals surface area contributed by atoms with Gasteiger partial charge in [0.05, 0.1) is 19.9 Å². The summed E-state index contributed by atoms with van der Waals surface area (Å²) in [4.78, 5) is 20.0. The van der Waals surface area contributed by atoms with Gasteiger partial charge in [0, 0.05) is 54.5 Å². The summed E-state index contributed by atoms with van der Waals surface area (Å²) >= 11 is 0. The molecule has 8 nitrogen and oxygen atoms in total. The summed E-state index contributed by atoms with van der Waals surface area (Å²) in [5, 5.41) is 7.95. The van der Waals surface area contributed by atoms with Gasteiger partial charge in [-0.2, -0.15) is 9.61 Å². The monoisotopic (exact) mass is 485 g/mol. The second-order valence-corrected chi connectivity index (χ2v) is 9.08. The van der Waals surface area contributed by atoms with Crippen molar-refractivity contribution < 1.29 is 14.3 Å². The van der Waals surface area contributed by atoms with Crippen molar-refractivity contribution in [3.8, 4) is 22.8 Å². The molecule has 8 heteroatoms. The lowest BCUT2D eigenvalue weighted by molar-refractivity contribution is -0.125. The number of hydrogen-bond donors (Lipinski definition) is 1. The Hall–Kier alpha value is -4.07. The van der Waals surface area contributed by atoms with Gasteiger partial charge in [-0.25, -0.2) is 4.98 Å². The summed E-state index contributed by atoms with van der Waals surface area (Å²) < 4.78 is 12.7. The number of benzene rings is 2. The number of carbonyl (C=O) groups is 1. The number of anilines is 1. The molecule has 3 heterocycles. The van der Waals surface area contributed by atoms with Gasteiger partial charge >= 0.3 is 0 Å². The first-order chi connectivity index (χ1) is 17.6. The van der Waals surface area contributed by atoms with Crippen LogP contribution in [0.1, 0.15) is 24.1 Å². The molecule has 1 N–H and O–H groups in total. The summed E-state index contributed by atoms with van der Waals surface area (Å²) in [5.41, 5.74) is 4.64. The third kappa shape index (κ3) is 4.84. The molecule has 1 amide bonds. The van der Waals surface area contributed by atoms with Crippen LogP contribution in [0, 0.1) is 12.8 Å². The van der Waals surface area contributed by atoms with Crippen LogP contribution in [0.15, 0.2) is 60.7 Å². The van der Waals surface area contributed by atoms with Gasteiger partial charge in [0.2, 0.25) is 5.91 Å². The number of aromatic nitrogens is 3. The molecule has 0 spiro atoms. The molecule has 4 aromatic rings. The van der Waals surface area contributed by atoms with E-state index in [1.54, 1.807) is 14.2 Å². The van der Waals surface area contributed by atoms with Crippen LogP contribution in [0.3, 0.4) is 0 Å². The molecular weight excluding hydrogens is 454 g/mol. The second kappa shape index (κ2) is 10.3. The first-order valence-corrected chi connectivity index (χ1v) is 12.2. The summed E-state index contributed by atoms with van der Waals surface area (Å²) in [6.07, 6.45) is 1.55. The number of methoxy groups -OCH3 is 2. The minimum absolute atomic E-state index is 0.0335. The van der Waals surface area contributed by atoms with Gasteiger partial charge in [0.15, 0.2) is 5.65 Å². The van der Waals surface area contributed by atoms with Crippen molar-refractivity contribution in [2.45, 2.75) is 26.3 Å². The maximum Gasteiger partial charge on any atom is 0.223 e. The molecule has 0 aliphatic carbocycles. The molecule has 0 unspecified atom stereocenters. The quantitative estimate of drug-likeness (QED) is 0.421. The number of nitrogens with one attached hydrogen (secondary N) is 1. The zero-order valence-electron chi connectivity index (χ0n) is 20.9. The highest BCUT2D eigenvalue weighted by Gasteiger charge is 2.27. The molecular formula is C28H31N5O3. The van der Waals surface area contributed by atoms with E-state index in [0.29, 0.717) is 6.54 Å². The first-order valence-electron chi connectivity index (χ1n) is 12.2. The molecule has 2 aromatic heterocycles. The third-order valence-electron chi connectivity index (χ3n) is 6.74. The Balaban J connectivity index is 1.26. The van der Waals surface area contributed by atoms with Crippen molar-refractivity contribution in [3.05, 3.63) is 71.9 Å². The minimum Gasteiger partial charge on any atom is -0.497 e. The zero-order valence-corrected chi connectivity index (χ0v) is 20.9. The standard InChI is InChI=1S/C28H31N5O3/c1-19-15-27(33-26(30-19)17-24(31-33)20-7-5-4-6-8-20)32-13-11-21(12-14-32)28(34)29-18-22-16-23(35-2)9-10-25(22)36-3/h4-10,15-17,21H,11-14,18H2,1-3H3,(H,29,34). The highest BCUT2D eigenvalue weighted by molar-refractivity contribution is 5.79. The van der Waals surface area contributed by atoms with Crippen molar-refractivity contribution in [2.75, 3.05) is 32.2 Å². The molecule has 0 atom stereocenters. The maximum atomic E-state index is 13.0. The van der Waals surface area contributed by atoms with Crippen LogP contribution < -0.4 is 19.7 Å². The lowest BCUT2D eigenvalue weighted by Gasteiger charge is -2.33. The fraction of sp³-hybridized carbons (Fsp3) is 0.321. The average molecular weight is 486 g/mol. The number of ether oxygens (including phenoxy) is 2. The topological polar surface area (TPSA) is 81.0 Å². The molecule has 0 bridgehead atoms.